The molecule has 0 fully saturated rings. The predicted octanol–water partition coefficient (Wildman–Crippen LogP) is 3.21. The van der Waals surface area contributed by atoms with Crippen LogP contribution in [0.15, 0.2) is 66.9 Å². The first kappa shape index (κ1) is 22.4. The molecular weight excluding hydrogens is 446 g/mol. The highest BCUT2D eigenvalue weighted by Gasteiger charge is 2.06. The van der Waals surface area contributed by atoms with Gasteiger partial charge in [-0.15, -0.1) is 5.10 Å². The van der Waals surface area contributed by atoms with Crippen LogP contribution in [0.1, 0.15) is 5.69 Å². The zero-order valence-corrected chi connectivity index (χ0v) is 19.0. The molecule has 0 atom stereocenters. The Balaban J connectivity index is 1.05. The highest BCUT2D eigenvalue weighted by molar-refractivity contribution is 5.86. The molecule has 0 amide bonds. The third-order valence-corrected chi connectivity index (χ3v) is 5.30. The number of nitrogens with two attached hydrogens (primary N) is 2. The topological polar surface area (TPSA) is 136 Å². The summed E-state index contributed by atoms with van der Waals surface area (Å²) in [5.41, 5.74) is 14.0. The molecule has 0 bridgehead atoms. The van der Waals surface area contributed by atoms with E-state index >= 15 is 0 Å². The lowest BCUT2D eigenvalue weighted by molar-refractivity contribution is 0.0928. The Hall–Kier alpha value is -4.44. The van der Waals surface area contributed by atoms with Crippen LogP contribution < -0.4 is 20.9 Å². The van der Waals surface area contributed by atoms with Gasteiger partial charge in [0, 0.05) is 16.8 Å². The standard InChI is InChI=1S/C25H25N7O3/c26-24-8-5-17-13-19(6-7-21(17)28-24)35-16-18-15-32(31-30-18)9-10-33-11-12-34-23-14-25(27)29-22-4-2-1-3-20(22)23/h1-8,13-15H,9-12,16H2,(H2,26,28)(H2,27,29). The van der Waals surface area contributed by atoms with Gasteiger partial charge >= 0.3 is 0 Å². The molecule has 3 aromatic heterocycles. The van der Waals surface area contributed by atoms with Crippen molar-refractivity contribution in [3.63, 3.8) is 0 Å². The first-order valence-corrected chi connectivity index (χ1v) is 11.2. The van der Waals surface area contributed by atoms with Gasteiger partial charge in [-0.05, 0) is 42.5 Å². The van der Waals surface area contributed by atoms with Crippen LogP contribution in [0.3, 0.4) is 0 Å². The van der Waals surface area contributed by atoms with Crippen molar-refractivity contribution in [2.75, 3.05) is 31.3 Å². The molecule has 0 spiro atoms. The van der Waals surface area contributed by atoms with Gasteiger partial charge in [-0.1, -0.05) is 17.3 Å². The first-order chi connectivity index (χ1) is 17.1. The quantitative estimate of drug-likeness (QED) is 0.294. The molecule has 0 saturated carbocycles. The number of anilines is 2. The highest BCUT2D eigenvalue weighted by atomic mass is 16.5. The molecule has 0 aliphatic carbocycles. The Bertz CT molecular complexity index is 1450. The van der Waals surface area contributed by atoms with Crippen LogP contribution in [-0.4, -0.2) is 44.8 Å². The Morgan fingerprint density at radius 1 is 0.800 bits per heavy atom. The maximum Gasteiger partial charge on any atom is 0.134 e. The average molecular weight is 472 g/mol. The van der Waals surface area contributed by atoms with E-state index in [1.54, 1.807) is 16.8 Å². The van der Waals surface area contributed by atoms with E-state index in [1.165, 1.54) is 0 Å². The minimum absolute atomic E-state index is 0.311. The van der Waals surface area contributed by atoms with Crippen molar-refractivity contribution >= 4 is 33.4 Å². The van der Waals surface area contributed by atoms with E-state index in [-0.39, 0.29) is 0 Å². The molecule has 4 N–H and O–H groups in total. The molecule has 10 heteroatoms. The number of rotatable bonds is 10. The third-order valence-electron chi connectivity index (χ3n) is 5.30. The number of hydrogen-bond donors (Lipinski definition) is 2. The van der Waals surface area contributed by atoms with Gasteiger partial charge in [0.1, 0.15) is 42.0 Å². The van der Waals surface area contributed by atoms with Crippen LogP contribution in [-0.2, 0) is 17.9 Å². The van der Waals surface area contributed by atoms with Gasteiger partial charge in [0.25, 0.3) is 0 Å². The van der Waals surface area contributed by atoms with E-state index in [0.29, 0.717) is 50.4 Å². The first-order valence-electron chi connectivity index (χ1n) is 11.2. The fourth-order valence-electron chi connectivity index (χ4n) is 3.63. The van der Waals surface area contributed by atoms with Crippen molar-refractivity contribution < 1.29 is 14.2 Å². The molecule has 178 valence electrons. The van der Waals surface area contributed by atoms with Crippen molar-refractivity contribution in [1.82, 2.24) is 25.0 Å². The largest absolute Gasteiger partial charge is 0.490 e. The molecule has 3 heterocycles. The van der Waals surface area contributed by atoms with Gasteiger partial charge in [0.05, 0.1) is 37.0 Å². The summed E-state index contributed by atoms with van der Waals surface area (Å²) < 4.78 is 19.1. The zero-order valence-electron chi connectivity index (χ0n) is 19.0. The molecule has 0 radical (unpaired) electrons. The van der Waals surface area contributed by atoms with Crippen LogP contribution in [0.4, 0.5) is 11.6 Å². The molecular formula is C25H25N7O3. The SMILES string of the molecule is Nc1ccc2cc(OCc3cn(CCOCCOc4cc(N)nc5ccccc45)nn3)ccc2n1. The smallest absolute Gasteiger partial charge is 0.134 e. The second kappa shape index (κ2) is 10.2. The van der Waals surface area contributed by atoms with Crippen LogP contribution in [0, 0.1) is 0 Å². The third kappa shape index (κ3) is 5.56. The second-order valence-electron chi connectivity index (χ2n) is 7.88. The number of aromatic nitrogens is 5. The van der Waals surface area contributed by atoms with Crippen molar-refractivity contribution in [1.29, 1.82) is 0 Å². The van der Waals surface area contributed by atoms with Crippen LogP contribution in [0.2, 0.25) is 0 Å². The summed E-state index contributed by atoms with van der Waals surface area (Å²) >= 11 is 0. The van der Waals surface area contributed by atoms with E-state index in [2.05, 4.69) is 20.3 Å². The minimum atomic E-state index is 0.311. The lowest BCUT2D eigenvalue weighted by atomic mass is 10.2. The molecule has 0 aliphatic heterocycles. The maximum atomic E-state index is 5.87. The van der Waals surface area contributed by atoms with Gasteiger partial charge in [0.15, 0.2) is 0 Å². The Labute approximate surface area is 201 Å². The van der Waals surface area contributed by atoms with E-state index in [1.807, 2.05) is 54.7 Å². The van der Waals surface area contributed by atoms with E-state index < -0.39 is 0 Å². The zero-order chi connectivity index (χ0) is 24.0. The van der Waals surface area contributed by atoms with Gasteiger partial charge < -0.3 is 25.7 Å². The van der Waals surface area contributed by atoms with Gasteiger partial charge in [-0.25, -0.2) is 14.6 Å². The van der Waals surface area contributed by atoms with Crippen LogP contribution >= 0.6 is 0 Å². The number of pyridine rings is 2. The molecule has 5 aromatic rings. The van der Waals surface area contributed by atoms with Crippen molar-refractivity contribution in [2.24, 2.45) is 0 Å². The maximum absolute atomic E-state index is 5.87. The summed E-state index contributed by atoms with van der Waals surface area (Å²) in [6.07, 6.45) is 1.84. The lowest BCUT2D eigenvalue weighted by Crippen LogP contribution is -2.12. The number of fused-ring (bicyclic) bond motifs is 2. The van der Waals surface area contributed by atoms with Crippen LogP contribution in [0.5, 0.6) is 11.5 Å². The Morgan fingerprint density at radius 3 is 2.63 bits per heavy atom. The molecule has 0 saturated heterocycles. The van der Waals surface area contributed by atoms with Gasteiger partial charge in [0.2, 0.25) is 0 Å². The number of hydrogen-bond acceptors (Lipinski definition) is 9. The number of nitrogen functional groups attached to an aromatic ring is 2. The summed E-state index contributed by atoms with van der Waals surface area (Å²) in [4.78, 5) is 8.60. The summed E-state index contributed by atoms with van der Waals surface area (Å²) in [5, 5.41) is 10.2. The Morgan fingerprint density at radius 2 is 1.69 bits per heavy atom. The monoisotopic (exact) mass is 471 g/mol. The number of benzene rings is 2. The number of para-hydroxylation sites is 1. The molecule has 2 aromatic carbocycles. The second-order valence-corrected chi connectivity index (χ2v) is 7.88. The Kier molecular flexibility index (Phi) is 6.53. The van der Waals surface area contributed by atoms with E-state index in [9.17, 15) is 0 Å². The van der Waals surface area contributed by atoms with Crippen molar-refractivity contribution in [3.8, 4) is 11.5 Å². The normalized spacial score (nSPS) is 11.2. The summed E-state index contributed by atoms with van der Waals surface area (Å²) in [5.74, 6) is 2.34. The van der Waals surface area contributed by atoms with Crippen LogP contribution in [0.25, 0.3) is 21.8 Å². The fraction of sp³-hybridized carbons (Fsp3) is 0.200. The fourth-order valence-corrected chi connectivity index (χ4v) is 3.63. The van der Waals surface area contributed by atoms with Crippen molar-refractivity contribution in [3.05, 3.63) is 72.6 Å². The summed E-state index contributed by atoms with van der Waals surface area (Å²) in [7, 11) is 0. The van der Waals surface area contributed by atoms with E-state index in [0.717, 1.165) is 33.2 Å². The summed E-state index contributed by atoms with van der Waals surface area (Å²) in [6, 6.07) is 18.8. The van der Waals surface area contributed by atoms with Gasteiger partial charge in [-0.3, -0.25) is 0 Å². The van der Waals surface area contributed by atoms with Gasteiger partial charge in [-0.2, -0.15) is 0 Å². The summed E-state index contributed by atoms with van der Waals surface area (Å²) in [6.45, 7) is 2.20. The molecule has 5 rings (SSSR count). The highest BCUT2D eigenvalue weighted by Crippen LogP contribution is 2.26. The molecule has 35 heavy (non-hydrogen) atoms. The minimum Gasteiger partial charge on any atom is -0.490 e. The number of ether oxygens (including phenoxy) is 3. The average Bonchev–Trinajstić information content (AvgIpc) is 3.32. The molecule has 0 aliphatic rings. The number of nitrogens with zero attached hydrogens (tertiary/aromatic N) is 5. The molecule has 10 nitrogen and oxygen atoms in total. The van der Waals surface area contributed by atoms with Crippen molar-refractivity contribution in [2.45, 2.75) is 13.2 Å². The lowest BCUT2D eigenvalue weighted by Gasteiger charge is -2.10. The predicted molar refractivity (Wildman–Crippen MR) is 133 cm³/mol. The van der Waals surface area contributed by atoms with E-state index in [4.69, 9.17) is 25.7 Å². The molecule has 0 unspecified atom stereocenters.